The Balaban J connectivity index is 1.91. The van der Waals surface area contributed by atoms with Crippen LogP contribution in [0.4, 0.5) is 11.9 Å². The predicted molar refractivity (Wildman–Crippen MR) is 56.6 cm³/mol. The van der Waals surface area contributed by atoms with Gasteiger partial charge < -0.3 is 11.5 Å². The Kier molecular flexibility index (Phi) is 2.68. The van der Waals surface area contributed by atoms with Gasteiger partial charge in [-0.25, -0.2) is 19.3 Å². The molecule has 0 aliphatic heterocycles. The van der Waals surface area contributed by atoms with Crippen LogP contribution in [0.25, 0.3) is 0 Å². The van der Waals surface area contributed by atoms with Crippen LogP contribution in [0.15, 0.2) is 12.7 Å². The van der Waals surface area contributed by atoms with Gasteiger partial charge >= 0.3 is 0 Å². The Bertz CT molecular complexity index is 416. The second kappa shape index (κ2) is 4.14. The SMILES string of the molecule is CN(Cn1cnc(N)n1)Cn1cnc(N)n1. The lowest BCUT2D eigenvalue weighted by molar-refractivity contribution is 0.194. The third-order valence-electron chi connectivity index (χ3n) is 1.88. The Morgan fingerprint density at radius 2 is 1.50 bits per heavy atom. The first kappa shape index (κ1) is 10.4. The average molecular weight is 223 g/mol. The van der Waals surface area contributed by atoms with Crippen molar-refractivity contribution in [3.63, 3.8) is 0 Å². The van der Waals surface area contributed by atoms with Gasteiger partial charge in [-0.15, -0.1) is 10.2 Å². The number of hydrogen-bond acceptors (Lipinski definition) is 7. The minimum Gasteiger partial charge on any atom is -0.367 e. The molecule has 2 aromatic rings. The Labute approximate surface area is 91.7 Å². The molecule has 0 aliphatic rings. The molecule has 2 aromatic heterocycles. The normalized spacial score (nSPS) is 11.1. The largest absolute Gasteiger partial charge is 0.367 e. The molecule has 0 amide bonds. The van der Waals surface area contributed by atoms with E-state index >= 15 is 0 Å². The van der Waals surface area contributed by atoms with Gasteiger partial charge in [0.1, 0.15) is 12.7 Å². The molecule has 4 N–H and O–H groups in total. The van der Waals surface area contributed by atoms with Gasteiger partial charge in [0.25, 0.3) is 0 Å². The Hall–Kier alpha value is -2.16. The molecule has 2 heterocycles. The van der Waals surface area contributed by atoms with Crippen LogP contribution in [-0.4, -0.2) is 41.5 Å². The van der Waals surface area contributed by atoms with E-state index in [2.05, 4.69) is 20.2 Å². The summed E-state index contributed by atoms with van der Waals surface area (Å²) in [6.07, 6.45) is 3.14. The second-order valence-electron chi connectivity index (χ2n) is 3.42. The average Bonchev–Trinajstić information content (AvgIpc) is 2.76. The maximum atomic E-state index is 5.40. The molecule has 2 rings (SSSR count). The van der Waals surface area contributed by atoms with Gasteiger partial charge in [0.05, 0.1) is 13.3 Å². The molecule has 0 saturated carbocycles. The van der Waals surface area contributed by atoms with Crippen LogP contribution < -0.4 is 11.5 Å². The number of nitrogens with zero attached hydrogens (tertiary/aromatic N) is 7. The van der Waals surface area contributed by atoms with Crippen molar-refractivity contribution < 1.29 is 0 Å². The van der Waals surface area contributed by atoms with Crippen molar-refractivity contribution in [2.75, 3.05) is 18.5 Å². The van der Waals surface area contributed by atoms with Gasteiger partial charge in [-0.3, -0.25) is 4.90 Å². The zero-order valence-corrected chi connectivity index (χ0v) is 8.85. The van der Waals surface area contributed by atoms with Crippen LogP contribution in [-0.2, 0) is 13.3 Å². The Morgan fingerprint density at radius 3 is 1.81 bits per heavy atom. The molecule has 0 atom stereocenters. The first-order valence-corrected chi connectivity index (χ1v) is 4.62. The molecular formula is C7H13N9. The van der Waals surface area contributed by atoms with E-state index in [1.165, 1.54) is 0 Å². The standard InChI is InChI=1S/C7H13N9/c1-14(4-15-2-10-6(8)12-15)5-16-3-11-7(9)13-16/h2-3H,4-5H2,1H3,(H2,8,12)(H2,9,13). The maximum absolute atomic E-state index is 5.40. The van der Waals surface area contributed by atoms with Crippen molar-refractivity contribution in [2.45, 2.75) is 13.3 Å². The molecule has 0 fully saturated rings. The van der Waals surface area contributed by atoms with Gasteiger partial charge in [-0.2, -0.15) is 0 Å². The molecule has 0 aliphatic carbocycles. The van der Waals surface area contributed by atoms with Crippen molar-refractivity contribution in [3.8, 4) is 0 Å². The summed E-state index contributed by atoms with van der Waals surface area (Å²) in [4.78, 5) is 9.62. The van der Waals surface area contributed by atoms with E-state index in [9.17, 15) is 0 Å². The molecule has 0 saturated heterocycles. The summed E-state index contributed by atoms with van der Waals surface area (Å²) in [7, 11) is 1.91. The molecule has 9 heteroatoms. The fraction of sp³-hybridized carbons (Fsp3) is 0.429. The summed E-state index contributed by atoms with van der Waals surface area (Å²) in [5, 5.41) is 7.94. The van der Waals surface area contributed by atoms with Gasteiger partial charge in [-0.05, 0) is 7.05 Å². The van der Waals surface area contributed by atoms with E-state index < -0.39 is 0 Å². The molecule has 0 aromatic carbocycles. The zero-order chi connectivity index (χ0) is 11.5. The van der Waals surface area contributed by atoms with Gasteiger partial charge in [0.15, 0.2) is 0 Å². The lowest BCUT2D eigenvalue weighted by atomic mass is 10.8. The fourth-order valence-corrected chi connectivity index (χ4v) is 1.29. The van der Waals surface area contributed by atoms with E-state index in [1.807, 2.05) is 11.9 Å². The Morgan fingerprint density at radius 1 is 1.06 bits per heavy atom. The summed E-state index contributed by atoms with van der Waals surface area (Å²) in [5.74, 6) is 0.525. The van der Waals surface area contributed by atoms with E-state index in [0.717, 1.165) is 0 Å². The van der Waals surface area contributed by atoms with Crippen molar-refractivity contribution in [1.29, 1.82) is 0 Å². The summed E-state index contributed by atoms with van der Waals surface area (Å²) in [6.45, 7) is 1.12. The lowest BCUT2D eigenvalue weighted by Gasteiger charge is -2.15. The second-order valence-corrected chi connectivity index (χ2v) is 3.42. The topological polar surface area (TPSA) is 117 Å². The molecule has 0 unspecified atom stereocenters. The van der Waals surface area contributed by atoms with E-state index in [1.54, 1.807) is 22.0 Å². The smallest absolute Gasteiger partial charge is 0.239 e. The van der Waals surface area contributed by atoms with Crippen molar-refractivity contribution in [1.82, 2.24) is 34.4 Å². The first-order valence-electron chi connectivity index (χ1n) is 4.62. The van der Waals surface area contributed by atoms with Crippen LogP contribution >= 0.6 is 0 Å². The molecule has 86 valence electrons. The number of hydrogen-bond donors (Lipinski definition) is 2. The quantitative estimate of drug-likeness (QED) is 0.653. The predicted octanol–water partition coefficient (Wildman–Crippen LogP) is -1.42. The third-order valence-corrected chi connectivity index (χ3v) is 1.88. The summed E-state index contributed by atoms with van der Waals surface area (Å²) >= 11 is 0. The van der Waals surface area contributed by atoms with Crippen LogP contribution in [0, 0.1) is 0 Å². The number of rotatable bonds is 4. The molecule has 0 radical (unpaired) electrons. The molecule has 0 spiro atoms. The van der Waals surface area contributed by atoms with Gasteiger partial charge in [-0.1, -0.05) is 0 Å². The van der Waals surface area contributed by atoms with Gasteiger partial charge in [0.2, 0.25) is 11.9 Å². The number of nitrogen functional groups attached to an aromatic ring is 2. The van der Waals surface area contributed by atoms with Crippen molar-refractivity contribution >= 4 is 11.9 Å². The van der Waals surface area contributed by atoms with Crippen molar-refractivity contribution in [2.24, 2.45) is 0 Å². The number of anilines is 2. The van der Waals surface area contributed by atoms with Crippen LogP contribution in [0.5, 0.6) is 0 Å². The van der Waals surface area contributed by atoms with Gasteiger partial charge in [0, 0.05) is 0 Å². The summed E-state index contributed by atoms with van der Waals surface area (Å²) in [6, 6.07) is 0. The van der Waals surface area contributed by atoms with Crippen LogP contribution in [0.3, 0.4) is 0 Å². The molecular weight excluding hydrogens is 210 g/mol. The minimum absolute atomic E-state index is 0.262. The molecule has 9 nitrogen and oxygen atoms in total. The van der Waals surface area contributed by atoms with E-state index in [4.69, 9.17) is 11.5 Å². The minimum atomic E-state index is 0.262. The zero-order valence-electron chi connectivity index (χ0n) is 8.85. The third kappa shape index (κ3) is 2.45. The summed E-state index contributed by atoms with van der Waals surface area (Å²) < 4.78 is 3.27. The number of aromatic nitrogens is 6. The highest BCUT2D eigenvalue weighted by Gasteiger charge is 2.03. The lowest BCUT2D eigenvalue weighted by Crippen LogP contribution is -2.25. The first-order chi connectivity index (χ1) is 7.63. The van der Waals surface area contributed by atoms with Crippen molar-refractivity contribution in [3.05, 3.63) is 12.7 Å². The molecule has 16 heavy (non-hydrogen) atoms. The maximum Gasteiger partial charge on any atom is 0.239 e. The van der Waals surface area contributed by atoms with Crippen LogP contribution in [0.2, 0.25) is 0 Å². The molecule has 0 bridgehead atoms. The van der Waals surface area contributed by atoms with E-state index in [-0.39, 0.29) is 11.9 Å². The highest BCUT2D eigenvalue weighted by molar-refractivity contribution is 5.09. The fourth-order valence-electron chi connectivity index (χ4n) is 1.29. The van der Waals surface area contributed by atoms with E-state index in [0.29, 0.717) is 13.3 Å². The van der Waals surface area contributed by atoms with Crippen LogP contribution in [0.1, 0.15) is 0 Å². The highest BCUT2D eigenvalue weighted by Crippen LogP contribution is 1.96. The summed E-state index contributed by atoms with van der Waals surface area (Å²) in [5.41, 5.74) is 10.8. The monoisotopic (exact) mass is 223 g/mol. The highest BCUT2D eigenvalue weighted by atomic mass is 15.5. The number of nitrogens with two attached hydrogens (primary N) is 2.